The van der Waals surface area contributed by atoms with E-state index in [9.17, 15) is 0 Å². The van der Waals surface area contributed by atoms with Gasteiger partial charge in [-0.2, -0.15) is 0 Å². The molecule has 0 spiro atoms. The first-order chi connectivity index (χ1) is 9.22. The molecule has 1 aliphatic rings. The van der Waals surface area contributed by atoms with Gasteiger partial charge in [0.15, 0.2) is 0 Å². The first-order valence-electron chi connectivity index (χ1n) is 7.71. The van der Waals surface area contributed by atoms with Crippen LogP contribution in [-0.4, -0.2) is 6.54 Å². The van der Waals surface area contributed by atoms with Gasteiger partial charge in [0, 0.05) is 10.9 Å². The molecular weight excluding hydrogens is 318 g/mol. The molecular formula is C16H26BrNS. The summed E-state index contributed by atoms with van der Waals surface area (Å²) in [4.78, 5) is 1.52. The van der Waals surface area contributed by atoms with Crippen molar-refractivity contribution in [3.05, 3.63) is 20.3 Å². The molecule has 1 heterocycles. The number of rotatable bonds is 4. The minimum atomic E-state index is 0.568. The van der Waals surface area contributed by atoms with Crippen LogP contribution >= 0.6 is 27.3 Å². The van der Waals surface area contributed by atoms with Crippen molar-refractivity contribution in [2.24, 2.45) is 5.92 Å². The van der Waals surface area contributed by atoms with Crippen LogP contribution in [0.15, 0.2) is 9.85 Å². The minimum Gasteiger partial charge on any atom is -0.309 e. The fraction of sp³-hybridized carbons (Fsp3) is 0.750. The molecule has 0 bridgehead atoms. The first kappa shape index (κ1) is 15.5. The molecule has 1 aliphatic carbocycles. The zero-order chi connectivity index (χ0) is 13.7. The molecule has 1 unspecified atom stereocenters. The molecule has 0 amide bonds. The Morgan fingerprint density at radius 3 is 2.42 bits per heavy atom. The lowest BCUT2D eigenvalue weighted by Gasteiger charge is -2.28. The largest absolute Gasteiger partial charge is 0.309 e. The second-order valence-electron chi connectivity index (χ2n) is 5.75. The highest BCUT2D eigenvalue weighted by Crippen LogP contribution is 2.38. The third-order valence-corrected chi connectivity index (χ3v) is 6.45. The van der Waals surface area contributed by atoms with E-state index in [-0.39, 0.29) is 0 Å². The molecule has 3 heteroatoms. The van der Waals surface area contributed by atoms with E-state index in [1.807, 2.05) is 11.3 Å². The molecule has 0 radical (unpaired) electrons. The number of thiophene rings is 1. The Morgan fingerprint density at radius 1 is 1.26 bits per heavy atom. The van der Waals surface area contributed by atoms with Crippen LogP contribution in [0.4, 0.5) is 0 Å². The normalized spacial score (nSPS) is 19.9. The molecule has 1 atom stereocenters. The SMILES string of the molecule is CCNC(c1cc(C)c(Br)s1)C1CCCCCCC1. The lowest BCUT2D eigenvalue weighted by atomic mass is 9.85. The highest BCUT2D eigenvalue weighted by Gasteiger charge is 2.24. The smallest absolute Gasteiger partial charge is 0.0731 e. The maximum absolute atomic E-state index is 3.75. The van der Waals surface area contributed by atoms with E-state index in [4.69, 9.17) is 0 Å². The van der Waals surface area contributed by atoms with Crippen LogP contribution in [0.25, 0.3) is 0 Å². The van der Waals surface area contributed by atoms with Crippen LogP contribution in [0.1, 0.15) is 68.4 Å². The van der Waals surface area contributed by atoms with Gasteiger partial charge in [0.25, 0.3) is 0 Å². The second kappa shape index (κ2) is 7.80. The monoisotopic (exact) mass is 343 g/mol. The molecule has 1 saturated carbocycles. The summed E-state index contributed by atoms with van der Waals surface area (Å²) >= 11 is 5.60. The predicted molar refractivity (Wildman–Crippen MR) is 89.0 cm³/mol. The Morgan fingerprint density at radius 2 is 1.89 bits per heavy atom. The molecule has 0 saturated heterocycles. The third-order valence-electron chi connectivity index (χ3n) is 4.23. The van der Waals surface area contributed by atoms with Gasteiger partial charge in [-0.1, -0.05) is 39.0 Å². The summed E-state index contributed by atoms with van der Waals surface area (Å²) in [5.41, 5.74) is 1.38. The average molecular weight is 344 g/mol. The third kappa shape index (κ3) is 4.30. The van der Waals surface area contributed by atoms with Crippen molar-refractivity contribution < 1.29 is 0 Å². The van der Waals surface area contributed by atoms with Crippen molar-refractivity contribution in [3.63, 3.8) is 0 Å². The maximum Gasteiger partial charge on any atom is 0.0731 e. The van der Waals surface area contributed by atoms with Crippen LogP contribution in [-0.2, 0) is 0 Å². The Bertz CT molecular complexity index is 361. The Hall–Kier alpha value is 0.140. The van der Waals surface area contributed by atoms with Gasteiger partial charge >= 0.3 is 0 Å². The average Bonchev–Trinajstić information content (AvgIpc) is 2.67. The van der Waals surface area contributed by atoms with E-state index in [0.29, 0.717) is 6.04 Å². The Labute approximate surface area is 130 Å². The van der Waals surface area contributed by atoms with Crippen molar-refractivity contribution in [2.75, 3.05) is 6.54 Å². The molecule has 1 N–H and O–H groups in total. The van der Waals surface area contributed by atoms with Gasteiger partial charge in [0.1, 0.15) is 0 Å². The van der Waals surface area contributed by atoms with Crippen LogP contribution in [0.5, 0.6) is 0 Å². The zero-order valence-electron chi connectivity index (χ0n) is 12.2. The van der Waals surface area contributed by atoms with Gasteiger partial charge in [-0.3, -0.25) is 0 Å². The van der Waals surface area contributed by atoms with E-state index in [2.05, 4.69) is 41.2 Å². The number of hydrogen-bond donors (Lipinski definition) is 1. The van der Waals surface area contributed by atoms with E-state index in [0.717, 1.165) is 12.5 Å². The number of aryl methyl sites for hydroxylation is 1. The van der Waals surface area contributed by atoms with Gasteiger partial charge in [-0.05, 0) is 59.8 Å². The Balaban J connectivity index is 2.12. The topological polar surface area (TPSA) is 12.0 Å². The summed E-state index contributed by atoms with van der Waals surface area (Å²) in [6.07, 6.45) is 9.93. The highest BCUT2D eigenvalue weighted by atomic mass is 79.9. The summed E-state index contributed by atoms with van der Waals surface area (Å²) in [6, 6.07) is 2.94. The molecule has 0 aromatic carbocycles. The lowest BCUT2D eigenvalue weighted by molar-refractivity contribution is 0.294. The van der Waals surface area contributed by atoms with Crippen molar-refractivity contribution in [3.8, 4) is 0 Å². The van der Waals surface area contributed by atoms with Gasteiger partial charge < -0.3 is 5.32 Å². The number of nitrogens with one attached hydrogen (secondary N) is 1. The maximum atomic E-state index is 3.75. The minimum absolute atomic E-state index is 0.568. The fourth-order valence-electron chi connectivity index (χ4n) is 3.18. The first-order valence-corrected chi connectivity index (χ1v) is 9.32. The van der Waals surface area contributed by atoms with Gasteiger partial charge in [-0.15, -0.1) is 11.3 Å². The summed E-state index contributed by atoms with van der Waals surface area (Å²) in [7, 11) is 0. The van der Waals surface area contributed by atoms with Gasteiger partial charge in [-0.25, -0.2) is 0 Å². The highest BCUT2D eigenvalue weighted by molar-refractivity contribution is 9.11. The van der Waals surface area contributed by atoms with E-state index in [1.54, 1.807) is 0 Å². The molecule has 1 aromatic rings. The molecule has 2 rings (SSSR count). The number of hydrogen-bond acceptors (Lipinski definition) is 2. The Kier molecular flexibility index (Phi) is 6.37. The summed E-state index contributed by atoms with van der Waals surface area (Å²) in [5.74, 6) is 0.824. The van der Waals surface area contributed by atoms with Crippen molar-refractivity contribution in [1.82, 2.24) is 5.32 Å². The van der Waals surface area contributed by atoms with Gasteiger partial charge in [0.2, 0.25) is 0 Å². The van der Waals surface area contributed by atoms with Gasteiger partial charge in [0.05, 0.1) is 3.79 Å². The number of halogens is 1. The summed E-state index contributed by atoms with van der Waals surface area (Å²) < 4.78 is 1.30. The molecule has 19 heavy (non-hydrogen) atoms. The van der Waals surface area contributed by atoms with Crippen LogP contribution in [0.3, 0.4) is 0 Å². The van der Waals surface area contributed by atoms with Crippen molar-refractivity contribution in [2.45, 2.75) is 64.8 Å². The quantitative estimate of drug-likeness (QED) is 0.724. The summed E-state index contributed by atoms with van der Waals surface area (Å²) in [5, 5.41) is 3.75. The standard InChI is InChI=1S/C16H26BrNS/c1-3-18-15(14-11-12(2)16(17)19-14)13-9-7-5-4-6-8-10-13/h11,13,15,18H,3-10H2,1-2H3. The van der Waals surface area contributed by atoms with Crippen LogP contribution < -0.4 is 5.32 Å². The molecule has 0 aliphatic heterocycles. The van der Waals surface area contributed by atoms with E-state index >= 15 is 0 Å². The van der Waals surface area contributed by atoms with Crippen LogP contribution in [0, 0.1) is 12.8 Å². The van der Waals surface area contributed by atoms with E-state index < -0.39 is 0 Å². The fourth-order valence-corrected chi connectivity index (χ4v) is 4.92. The molecule has 1 fully saturated rings. The molecule has 1 nitrogen and oxygen atoms in total. The molecule has 1 aromatic heterocycles. The van der Waals surface area contributed by atoms with Crippen molar-refractivity contribution in [1.29, 1.82) is 0 Å². The van der Waals surface area contributed by atoms with Crippen LogP contribution in [0.2, 0.25) is 0 Å². The summed E-state index contributed by atoms with van der Waals surface area (Å²) in [6.45, 7) is 5.49. The second-order valence-corrected chi connectivity index (χ2v) is 8.15. The lowest BCUT2D eigenvalue weighted by Crippen LogP contribution is -2.28. The van der Waals surface area contributed by atoms with E-state index in [1.165, 1.54) is 59.2 Å². The zero-order valence-corrected chi connectivity index (χ0v) is 14.6. The van der Waals surface area contributed by atoms with Crippen molar-refractivity contribution >= 4 is 27.3 Å². The molecule has 108 valence electrons. The predicted octanol–water partition coefficient (Wildman–Crippen LogP) is 5.83.